The Labute approximate surface area is 68.5 Å². The molecule has 0 saturated carbocycles. The van der Waals surface area contributed by atoms with Gasteiger partial charge in [-0.1, -0.05) is 6.92 Å². The first kappa shape index (κ1) is 10.9. The molecule has 3 N–H and O–H groups in total. The normalized spacial score (nSPS) is 19.4. The summed E-state index contributed by atoms with van der Waals surface area (Å²) in [6.07, 6.45) is 0.481. The highest BCUT2D eigenvalue weighted by atomic mass is 16.5. The molecule has 2 unspecified atom stereocenters. The van der Waals surface area contributed by atoms with Crippen molar-refractivity contribution in [2.45, 2.75) is 38.8 Å². The van der Waals surface area contributed by atoms with Crippen molar-refractivity contribution < 1.29 is 9.84 Å². The Kier molecular flexibility index (Phi) is 4.65. The third-order valence-corrected chi connectivity index (χ3v) is 1.60. The van der Waals surface area contributed by atoms with Crippen LogP contribution in [-0.4, -0.2) is 30.0 Å². The topological polar surface area (TPSA) is 55.5 Å². The van der Waals surface area contributed by atoms with Gasteiger partial charge in [0.05, 0.1) is 19.3 Å². The molecule has 0 aromatic heterocycles. The van der Waals surface area contributed by atoms with Crippen molar-refractivity contribution in [3.05, 3.63) is 0 Å². The largest absolute Gasteiger partial charge is 0.391 e. The Morgan fingerprint density at radius 1 is 1.64 bits per heavy atom. The summed E-state index contributed by atoms with van der Waals surface area (Å²) in [4.78, 5) is 0. The molecule has 68 valence electrons. The molecule has 0 aliphatic carbocycles. The van der Waals surface area contributed by atoms with Crippen molar-refractivity contribution in [1.29, 1.82) is 0 Å². The predicted molar refractivity (Wildman–Crippen MR) is 45.4 cm³/mol. The molecule has 0 bridgehead atoms. The van der Waals surface area contributed by atoms with Crippen molar-refractivity contribution in [1.82, 2.24) is 0 Å². The highest BCUT2D eigenvalue weighted by Crippen LogP contribution is 2.04. The Hall–Kier alpha value is -0.120. The van der Waals surface area contributed by atoms with E-state index < -0.39 is 6.10 Å². The summed E-state index contributed by atoms with van der Waals surface area (Å²) in [5.41, 5.74) is 5.54. The van der Waals surface area contributed by atoms with Gasteiger partial charge in [0.25, 0.3) is 0 Å². The van der Waals surface area contributed by atoms with Gasteiger partial charge < -0.3 is 15.6 Å². The van der Waals surface area contributed by atoms with Gasteiger partial charge in [0.2, 0.25) is 0 Å². The molecule has 0 saturated heterocycles. The molecule has 0 heterocycles. The molecule has 3 heteroatoms. The molecule has 0 aromatic carbocycles. The molecule has 0 aromatic rings. The summed E-state index contributed by atoms with van der Waals surface area (Å²) in [7, 11) is 0. The second kappa shape index (κ2) is 4.70. The summed E-state index contributed by atoms with van der Waals surface area (Å²) in [5, 5.41) is 8.86. The summed E-state index contributed by atoms with van der Waals surface area (Å²) in [5.74, 6) is 0. The standard InChI is InChI=1S/C8H19NO2/c1-4-8(3,9)6-11-5-7(2)10/h7,10H,4-6,9H2,1-3H3. The fraction of sp³-hybridized carbons (Fsp3) is 1.00. The third kappa shape index (κ3) is 6.28. The molecule has 0 rings (SSSR count). The van der Waals surface area contributed by atoms with Gasteiger partial charge in [0.15, 0.2) is 0 Å². The minimum absolute atomic E-state index is 0.255. The summed E-state index contributed by atoms with van der Waals surface area (Å²) >= 11 is 0. The first-order chi connectivity index (χ1) is 4.98. The van der Waals surface area contributed by atoms with Crippen molar-refractivity contribution >= 4 is 0 Å². The molecule has 0 amide bonds. The van der Waals surface area contributed by atoms with Crippen LogP contribution in [0, 0.1) is 0 Å². The fourth-order valence-electron chi connectivity index (χ4n) is 0.565. The molecule has 3 nitrogen and oxygen atoms in total. The first-order valence-corrected chi connectivity index (χ1v) is 4.02. The van der Waals surface area contributed by atoms with E-state index in [1.54, 1.807) is 6.92 Å². The Morgan fingerprint density at radius 3 is 2.55 bits per heavy atom. The highest BCUT2D eigenvalue weighted by molar-refractivity contribution is 4.75. The molecule has 11 heavy (non-hydrogen) atoms. The zero-order chi connectivity index (χ0) is 8.91. The number of aliphatic hydroxyl groups excluding tert-OH is 1. The van der Waals surface area contributed by atoms with Crippen LogP contribution in [0.1, 0.15) is 27.2 Å². The number of aliphatic hydroxyl groups is 1. The SMILES string of the molecule is CCC(C)(N)COCC(C)O. The van der Waals surface area contributed by atoms with Crippen LogP contribution in [0.25, 0.3) is 0 Å². The van der Waals surface area contributed by atoms with E-state index in [0.717, 1.165) is 6.42 Å². The minimum atomic E-state index is -0.400. The molecule has 2 atom stereocenters. The molecule has 0 fully saturated rings. The van der Waals surface area contributed by atoms with Gasteiger partial charge in [-0.15, -0.1) is 0 Å². The van der Waals surface area contributed by atoms with Crippen LogP contribution in [0.3, 0.4) is 0 Å². The average Bonchev–Trinajstić information content (AvgIpc) is 1.87. The van der Waals surface area contributed by atoms with Gasteiger partial charge in [0.1, 0.15) is 0 Å². The Bertz CT molecular complexity index is 102. The number of ether oxygens (including phenoxy) is 1. The third-order valence-electron chi connectivity index (χ3n) is 1.60. The zero-order valence-corrected chi connectivity index (χ0v) is 7.63. The van der Waals surface area contributed by atoms with E-state index in [9.17, 15) is 0 Å². The zero-order valence-electron chi connectivity index (χ0n) is 7.63. The number of rotatable bonds is 5. The van der Waals surface area contributed by atoms with Crippen molar-refractivity contribution in [3.63, 3.8) is 0 Å². The van der Waals surface area contributed by atoms with Gasteiger partial charge in [-0.3, -0.25) is 0 Å². The van der Waals surface area contributed by atoms with Gasteiger partial charge >= 0.3 is 0 Å². The lowest BCUT2D eigenvalue weighted by molar-refractivity contribution is 0.0246. The van der Waals surface area contributed by atoms with Crippen molar-refractivity contribution in [2.75, 3.05) is 13.2 Å². The van der Waals surface area contributed by atoms with Crippen molar-refractivity contribution in [2.24, 2.45) is 5.73 Å². The summed E-state index contributed by atoms with van der Waals surface area (Å²) in [6, 6.07) is 0. The van der Waals surface area contributed by atoms with E-state index in [-0.39, 0.29) is 5.54 Å². The Balaban J connectivity index is 3.38. The lowest BCUT2D eigenvalue weighted by atomic mass is 10.0. The van der Waals surface area contributed by atoms with Crippen LogP contribution in [0.15, 0.2) is 0 Å². The van der Waals surface area contributed by atoms with E-state index in [2.05, 4.69) is 0 Å². The maximum absolute atomic E-state index is 8.86. The second-order valence-corrected chi connectivity index (χ2v) is 3.37. The van der Waals surface area contributed by atoms with Crippen molar-refractivity contribution in [3.8, 4) is 0 Å². The quantitative estimate of drug-likeness (QED) is 0.617. The van der Waals surface area contributed by atoms with Gasteiger partial charge in [-0.25, -0.2) is 0 Å². The first-order valence-electron chi connectivity index (χ1n) is 4.02. The van der Waals surface area contributed by atoms with Crippen LogP contribution in [-0.2, 0) is 4.74 Å². The molecule has 0 radical (unpaired) electrons. The molecule has 0 aliphatic heterocycles. The van der Waals surface area contributed by atoms with Gasteiger partial charge in [-0.05, 0) is 20.3 Å². The lowest BCUT2D eigenvalue weighted by Gasteiger charge is -2.22. The van der Waals surface area contributed by atoms with Crippen LogP contribution >= 0.6 is 0 Å². The second-order valence-electron chi connectivity index (χ2n) is 3.37. The monoisotopic (exact) mass is 161 g/mol. The Morgan fingerprint density at radius 2 is 2.18 bits per heavy atom. The maximum atomic E-state index is 8.86. The smallest absolute Gasteiger partial charge is 0.0745 e. The van der Waals surface area contributed by atoms with Crippen LogP contribution in [0.5, 0.6) is 0 Å². The number of nitrogens with two attached hydrogens (primary N) is 1. The lowest BCUT2D eigenvalue weighted by Crippen LogP contribution is -2.41. The highest BCUT2D eigenvalue weighted by Gasteiger charge is 2.15. The summed E-state index contributed by atoms with van der Waals surface area (Å²) < 4.78 is 5.18. The average molecular weight is 161 g/mol. The van der Waals surface area contributed by atoms with E-state index in [0.29, 0.717) is 13.2 Å². The fourth-order valence-corrected chi connectivity index (χ4v) is 0.565. The van der Waals surface area contributed by atoms with Gasteiger partial charge in [0, 0.05) is 5.54 Å². The number of hydrogen-bond acceptors (Lipinski definition) is 3. The minimum Gasteiger partial charge on any atom is -0.391 e. The van der Waals surface area contributed by atoms with Gasteiger partial charge in [-0.2, -0.15) is 0 Å². The van der Waals surface area contributed by atoms with E-state index in [1.807, 2.05) is 13.8 Å². The molecular weight excluding hydrogens is 142 g/mol. The van der Waals surface area contributed by atoms with Crippen LogP contribution in [0.2, 0.25) is 0 Å². The van der Waals surface area contributed by atoms with E-state index in [4.69, 9.17) is 15.6 Å². The van der Waals surface area contributed by atoms with Crippen LogP contribution < -0.4 is 5.73 Å². The van der Waals surface area contributed by atoms with E-state index >= 15 is 0 Å². The summed E-state index contributed by atoms with van der Waals surface area (Å²) in [6.45, 7) is 6.53. The van der Waals surface area contributed by atoms with Crippen LogP contribution in [0.4, 0.5) is 0 Å². The predicted octanol–water partition coefficient (Wildman–Crippen LogP) is 0.511. The molecule has 0 aliphatic rings. The maximum Gasteiger partial charge on any atom is 0.0745 e. The molecular formula is C8H19NO2. The number of hydrogen-bond donors (Lipinski definition) is 2. The van der Waals surface area contributed by atoms with E-state index in [1.165, 1.54) is 0 Å². The molecule has 0 spiro atoms.